The Morgan fingerprint density at radius 2 is 1.73 bits per heavy atom. The molecule has 0 amide bonds. The summed E-state index contributed by atoms with van der Waals surface area (Å²) in [5, 5.41) is 0.291. The highest BCUT2D eigenvalue weighted by atomic mass is 35.5. The second kappa shape index (κ2) is 5.08. The van der Waals surface area contributed by atoms with Crippen molar-refractivity contribution >= 4 is 21.6 Å². The van der Waals surface area contributed by atoms with Gasteiger partial charge in [-0.3, -0.25) is 0 Å². The van der Waals surface area contributed by atoms with Crippen molar-refractivity contribution in [2.24, 2.45) is 0 Å². The highest BCUT2D eigenvalue weighted by Crippen LogP contribution is 2.44. The van der Waals surface area contributed by atoms with Crippen molar-refractivity contribution in [2.45, 2.75) is 30.2 Å². The molecule has 0 saturated heterocycles. The molecule has 3 nitrogen and oxygen atoms in total. The van der Waals surface area contributed by atoms with Gasteiger partial charge in [0.05, 0.1) is 11.1 Å². The normalized spacial score (nSPS) is 20.9. The van der Waals surface area contributed by atoms with Crippen LogP contribution in [-0.2, 0) is 22.9 Å². The van der Waals surface area contributed by atoms with Gasteiger partial charge in [0.15, 0.2) is 0 Å². The zero-order valence-electron chi connectivity index (χ0n) is 12.0. The Balaban J connectivity index is 1.81. The summed E-state index contributed by atoms with van der Waals surface area (Å²) in [6.45, 7) is 0.522. The van der Waals surface area contributed by atoms with E-state index in [1.807, 2.05) is 0 Å². The van der Waals surface area contributed by atoms with Crippen molar-refractivity contribution in [3.8, 4) is 0 Å². The fourth-order valence-electron chi connectivity index (χ4n) is 3.71. The van der Waals surface area contributed by atoms with Gasteiger partial charge >= 0.3 is 0 Å². The molecular weight excluding hydrogens is 318 g/mol. The lowest BCUT2D eigenvalue weighted by molar-refractivity contribution is 0.308. The minimum atomic E-state index is -3.56. The molecule has 5 heteroatoms. The van der Waals surface area contributed by atoms with Crippen molar-refractivity contribution in [1.82, 2.24) is 4.31 Å². The summed E-state index contributed by atoms with van der Waals surface area (Å²) in [5.41, 5.74) is 3.82. The maximum Gasteiger partial charge on any atom is 0.245 e. The Morgan fingerprint density at radius 3 is 2.50 bits per heavy atom. The highest BCUT2D eigenvalue weighted by Gasteiger charge is 2.40. The monoisotopic (exact) mass is 333 g/mol. The van der Waals surface area contributed by atoms with Gasteiger partial charge in [-0.15, -0.1) is 0 Å². The zero-order valence-corrected chi connectivity index (χ0v) is 13.6. The minimum Gasteiger partial charge on any atom is -0.207 e. The van der Waals surface area contributed by atoms with Crippen LogP contribution in [0.5, 0.6) is 0 Å². The Hall–Kier alpha value is -1.36. The van der Waals surface area contributed by atoms with Crippen LogP contribution in [0.25, 0.3) is 0 Å². The van der Waals surface area contributed by atoms with Crippen molar-refractivity contribution in [2.75, 3.05) is 6.54 Å². The van der Waals surface area contributed by atoms with Gasteiger partial charge in [-0.25, -0.2) is 8.42 Å². The lowest BCUT2D eigenvalue weighted by Crippen LogP contribution is -2.39. The van der Waals surface area contributed by atoms with E-state index in [4.69, 9.17) is 11.6 Å². The summed E-state index contributed by atoms with van der Waals surface area (Å²) in [7, 11) is -3.56. The maximum atomic E-state index is 13.1. The molecule has 114 valence electrons. The van der Waals surface area contributed by atoms with Crippen LogP contribution in [0.1, 0.15) is 29.2 Å². The summed E-state index contributed by atoms with van der Waals surface area (Å²) in [5.74, 6) is 0. The second-order valence-corrected chi connectivity index (χ2v) is 8.11. The first kappa shape index (κ1) is 14.2. The number of hydrogen-bond donors (Lipinski definition) is 0. The molecule has 0 fully saturated rings. The SMILES string of the molecule is O=S(=O)(c1ccccc1Cl)N1CCc2cccc3c2C1CC3. The number of hydrogen-bond acceptors (Lipinski definition) is 2. The molecule has 2 aromatic rings. The van der Waals surface area contributed by atoms with Gasteiger partial charge in [0.25, 0.3) is 0 Å². The van der Waals surface area contributed by atoms with E-state index >= 15 is 0 Å². The van der Waals surface area contributed by atoms with Gasteiger partial charge in [0.2, 0.25) is 10.0 Å². The molecule has 0 bridgehead atoms. The van der Waals surface area contributed by atoms with Gasteiger partial charge in [-0.05, 0) is 48.1 Å². The van der Waals surface area contributed by atoms with E-state index in [2.05, 4.69) is 18.2 Å². The fraction of sp³-hybridized carbons (Fsp3) is 0.294. The molecule has 2 aliphatic rings. The average Bonchev–Trinajstić information content (AvgIpc) is 2.94. The molecule has 1 heterocycles. The minimum absolute atomic E-state index is 0.0405. The molecule has 0 N–H and O–H groups in total. The molecule has 1 unspecified atom stereocenters. The van der Waals surface area contributed by atoms with E-state index in [1.54, 1.807) is 28.6 Å². The number of benzene rings is 2. The van der Waals surface area contributed by atoms with Crippen LogP contribution >= 0.6 is 11.6 Å². The molecule has 0 saturated carbocycles. The number of rotatable bonds is 2. The lowest BCUT2D eigenvalue weighted by atomic mass is 9.95. The third kappa shape index (κ3) is 2.02. The quantitative estimate of drug-likeness (QED) is 0.842. The third-order valence-electron chi connectivity index (χ3n) is 4.68. The van der Waals surface area contributed by atoms with Crippen LogP contribution in [0.2, 0.25) is 5.02 Å². The predicted octanol–water partition coefficient (Wildman–Crippen LogP) is 3.57. The maximum absolute atomic E-state index is 13.1. The molecule has 0 radical (unpaired) electrons. The largest absolute Gasteiger partial charge is 0.245 e. The summed E-state index contributed by atoms with van der Waals surface area (Å²) in [6.07, 6.45) is 2.57. The van der Waals surface area contributed by atoms with Crippen LogP contribution in [0, 0.1) is 0 Å². The molecule has 0 aromatic heterocycles. The summed E-state index contributed by atoms with van der Waals surface area (Å²) in [4.78, 5) is 0.212. The van der Waals surface area contributed by atoms with E-state index in [0.717, 1.165) is 19.3 Å². The first-order valence-corrected chi connectivity index (χ1v) is 9.28. The number of halogens is 1. The Kier molecular flexibility index (Phi) is 3.29. The fourth-order valence-corrected chi connectivity index (χ4v) is 5.83. The zero-order chi connectivity index (χ0) is 15.3. The van der Waals surface area contributed by atoms with Gasteiger partial charge in [-0.1, -0.05) is 41.9 Å². The molecule has 2 aromatic carbocycles. The molecule has 4 rings (SSSR count). The number of nitrogens with zero attached hydrogens (tertiary/aromatic N) is 1. The summed E-state index contributed by atoms with van der Waals surface area (Å²) < 4.78 is 27.7. The summed E-state index contributed by atoms with van der Waals surface area (Å²) in [6, 6.07) is 13.0. The van der Waals surface area contributed by atoms with Gasteiger partial charge < -0.3 is 0 Å². The van der Waals surface area contributed by atoms with E-state index in [0.29, 0.717) is 11.6 Å². The lowest BCUT2D eigenvalue weighted by Gasteiger charge is -2.34. The smallest absolute Gasteiger partial charge is 0.207 e. The first-order valence-electron chi connectivity index (χ1n) is 7.46. The van der Waals surface area contributed by atoms with Crippen molar-refractivity contribution in [1.29, 1.82) is 0 Å². The molecule has 22 heavy (non-hydrogen) atoms. The second-order valence-electron chi connectivity index (χ2n) is 5.84. The molecule has 0 spiro atoms. The van der Waals surface area contributed by atoms with Crippen LogP contribution < -0.4 is 0 Å². The Labute approximate surface area is 135 Å². The predicted molar refractivity (Wildman–Crippen MR) is 86.6 cm³/mol. The van der Waals surface area contributed by atoms with Crippen LogP contribution in [0.4, 0.5) is 0 Å². The first-order chi connectivity index (χ1) is 10.6. The van der Waals surface area contributed by atoms with E-state index in [1.165, 1.54) is 16.7 Å². The molecule has 1 aliphatic carbocycles. The molecule has 1 atom stereocenters. The number of sulfonamides is 1. The average molecular weight is 334 g/mol. The Bertz CT molecular complexity index is 847. The van der Waals surface area contributed by atoms with Crippen molar-refractivity contribution in [3.63, 3.8) is 0 Å². The molecule has 1 aliphatic heterocycles. The van der Waals surface area contributed by atoms with Crippen molar-refractivity contribution < 1.29 is 8.42 Å². The standard InChI is InChI=1S/C17H16ClNO2S/c18-14-6-1-2-7-16(14)22(20,21)19-11-10-13-5-3-4-12-8-9-15(19)17(12)13/h1-7,15H,8-11H2. The van der Waals surface area contributed by atoms with Crippen LogP contribution in [0.15, 0.2) is 47.4 Å². The van der Waals surface area contributed by atoms with Gasteiger partial charge in [-0.2, -0.15) is 4.31 Å². The van der Waals surface area contributed by atoms with Crippen molar-refractivity contribution in [3.05, 3.63) is 64.2 Å². The number of aryl methyl sites for hydroxylation is 1. The summed E-state index contributed by atoms with van der Waals surface area (Å²) >= 11 is 6.13. The topological polar surface area (TPSA) is 37.4 Å². The van der Waals surface area contributed by atoms with E-state index in [9.17, 15) is 8.42 Å². The van der Waals surface area contributed by atoms with Gasteiger partial charge in [0.1, 0.15) is 4.90 Å². The van der Waals surface area contributed by atoms with Gasteiger partial charge in [0, 0.05) is 6.54 Å². The van der Waals surface area contributed by atoms with E-state index in [-0.39, 0.29) is 10.9 Å². The third-order valence-corrected chi connectivity index (χ3v) is 7.09. The Morgan fingerprint density at radius 1 is 1.00 bits per heavy atom. The van der Waals surface area contributed by atoms with E-state index < -0.39 is 10.0 Å². The highest BCUT2D eigenvalue weighted by molar-refractivity contribution is 7.89. The molecular formula is C17H16ClNO2S. The van der Waals surface area contributed by atoms with Crippen LogP contribution in [-0.4, -0.2) is 19.3 Å². The van der Waals surface area contributed by atoms with Crippen LogP contribution in [0.3, 0.4) is 0 Å².